The van der Waals surface area contributed by atoms with Gasteiger partial charge in [0.15, 0.2) is 0 Å². The van der Waals surface area contributed by atoms with Crippen molar-refractivity contribution in [1.82, 2.24) is 5.16 Å². The molecule has 0 saturated heterocycles. The zero-order valence-electron chi connectivity index (χ0n) is 13.5. The third-order valence-electron chi connectivity index (χ3n) is 3.71. The third kappa shape index (κ3) is 3.92. The predicted octanol–water partition coefficient (Wildman–Crippen LogP) is 4.23. The minimum atomic E-state index is 0.646. The van der Waals surface area contributed by atoms with Gasteiger partial charge in [0, 0.05) is 19.7 Å². The van der Waals surface area contributed by atoms with E-state index in [0.717, 1.165) is 29.4 Å². The molecular formula is C19H21N3O. The molecule has 3 aromatic rings. The lowest BCUT2D eigenvalue weighted by molar-refractivity contribution is 0.391. The number of nitrogens with zero attached hydrogens (tertiary/aromatic N) is 2. The molecule has 1 aromatic heterocycles. The Kier molecular flexibility index (Phi) is 4.62. The summed E-state index contributed by atoms with van der Waals surface area (Å²) in [7, 11) is 2.10. The molecule has 1 N–H and O–H groups in total. The van der Waals surface area contributed by atoms with Gasteiger partial charge in [-0.25, -0.2) is 0 Å². The van der Waals surface area contributed by atoms with E-state index in [9.17, 15) is 0 Å². The number of para-hydroxylation sites is 2. The summed E-state index contributed by atoms with van der Waals surface area (Å²) in [5.74, 6) is 0.830. The van der Waals surface area contributed by atoms with Crippen molar-refractivity contribution in [1.29, 1.82) is 0 Å². The van der Waals surface area contributed by atoms with Gasteiger partial charge in [-0.2, -0.15) is 0 Å². The van der Waals surface area contributed by atoms with Gasteiger partial charge >= 0.3 is 0 Å². The molecule has 0 aliphatic rings. The largest absolute Gasteiger partial charge is 0.378 e. The highest BCUT2D eigenvalue weighted by Gasteiger charge is 2.08. The summed E-state index contributed by atoms with van der Waals surface area (Å²) in [5.41, 5.74) is 4.45. The molecule has 0 unspecified atom stereocenters. The van der Waals surface area contributed by atoms with Gasteiger partial charge in [-0.15, -0.1) is 0 Å². The fraction of sp³-hybridized carbons (Fsp3) is 0.211. The zero-order valence-corrected chi connectivity index (χ0v) is 13.5. The number of nitrogens with one attached hydrogen (secondary N) is 1. The maximum absolute atomic E-state index is 5.11. The minimum absolute atomic E-state index is 0.646. The second-order valence-corrected chi connectivity index (χ2v) is 5.64. The molecule has 0 radical (unpaired) electrons. The van der Waals surface area contributed by atoms with Gasteiger partial charge in [0.05, 0.1) is 17.9 Å². The quantitative estimate of drug-likeness (QED) is 0.740. The minimum Gasteiger partial charge on any atom is -0.378 e. The molecule has 4 nitrogen and oxygen atoms in total. The van der Waals surface area contributed by atoms with E-state index in [4.69, 9.17) is 4.52 Å². The Bertz CT molecular complexity index is 752. The van der Waals surface area contributed by atoms with Gasteiger partial charge in [-0.3, -0.25) is 0 Å². The molecule has 0 fully saturated rings. The van der Waals surface area contributed by atoms with Crippen molar-refractivity contribution in [3.63, 3.8) is 0 Å². The van der Waals surface area contributed by atoms with E-state index in [1.54, 1.807) is 0 Å². The lowest BCUT2D eigenvalue weighted by Crippen LogP contribution is -2.18. The second-order valence-electron chi connectivity index (χ2n) is 5.64. The average molecular weight is 307 g/mol. The maximum atomic E-state index is 5.11. The van der Waals surface area contributed by atoms with Crippen molar-refractivity contribution in [2.45, 2.75) is 20.0 Å². The van der Waals surface area contributed by atoms with Crippen LogP contribution in [-0.2, 0) is 13.1 Å². The third-order valence-corrected chi connectivity index (χ3v) is 3.71. The number of benzene rings is 2. The molecule has 2 aromatic carbocycles. The number of aryl methyl sites for hydroxylation is 1. The SMILES string of the molecule is Cc1cc(CNc2ccccc2N(C)Cc2ccccc2)no1. The van der Waals surface area contributed by atoms with Crippen LogP contribution < -0.4 is 10.2 Å². The molecule has 0 spiro atoms. The molecular weight excluding hydrogens is 286 g/mol. The monoisotopic (exact) mass is 307 g/mol. The van der Waals surface area contributed by atoms with Gasteiger partial charge in [-0.1, -0.05) is 47.6 Å². The number of hydrogen-bond acceptors (Lipinski definition) is 4. The first-order valence-electron chi connectivity index (χ1n) is 7.72. The molecule has 0 aliphatic carbocycles. The average Bonchev–Trinajstić information content (AvgIpc) is 2.99. The van der Waals surface area contributed by atoms with Crippen LogP contribution in [0.4, 0.5) is 11.4 Å². The first kappa shape index (κ1) is 15.2. The Labute approximate surface area is 136 Å². The number of hydrogen-bond donors (Lipinski definition) is 1. The lowest BCUT2D eigenvalue weighted by atomic mass is 10.2. The van der Waals surface area contributed by atoms with Crippen LogP contribution in [0, 0.1) is 6.92 Å². The van der Waals surface area contributed by atoms with Gasteiger partial charge in [-0.05, 0) is 24.6 Å². The van der Waals surface area contributed by atoms with E-state index in [2.05, 4.69) is 64.9 Å². The van der Waals surface area contributed by atoms with Crippen LogP contribution in [-0.4, -0.2) is 12.2 Å². The van der Waals surface area contributed by atoms with Crippen molar-refractivity contribution < 1.29 is 4.52 Å². The Morgan fingerprint density at radius 1 is 1.04 bits per heavy atom. The predicted molar refractivity (Wildman–Crippen MR) is 93.6 cm³/mol. The van der Waals surface area contributed by atoms with Crippen molar-refractivity contribution in [2.75, 3.05) is 17.3 Å². The smallest absolute Gasteiger partial charge is 0.133 e. The number of aromatic nitrogens is 1. The molecule has 0 atom stereocenters. The molecule has 4 heteroatoms. The van der Waals surface area contributed by atoms with Crippen molar-refractivity contribution >= 4 is 11.4 Å². The van der Waals surface area contributed by atoms with E-state index in [1.165, 1.54) is 5.56 Å². The molecule has 3 rings (SSSR count). The zero-order chi connectivity index (χ0) is 16.1. The highest BCUT2D eigenvalue weighted by molar-refractivity contribution is 5.69. The molecule has 23 heavy (non-hydrogen) atoms. The summed E-state index contributed by atoms with van der Waals surface area (Å²) in [4.78, 5) is 2.24. The topological polar surface area (TPSA) is 41.3 Å². The van der Waals surface area contributed by atoms with Crippen molar-refractivity contribution in [2.24, 2.45) is 0 Å². The van der Waals surface area contributed by atoms with Crippen LogP contribution in [0.15, 0.2) is 65.2 Å². The van der Waals surface area contributed by atoms with Crippen LogP contribution in [0.5, 0.6) is 0 Å². The van der Waals surface area contributed by atoms with E-state index >= 15 is 0 Å². The van der Waals surface area contributed by atoms with Crippen molar-refractivity contribution in [3.05, 3.63) is 77.7 Å². The van der Waals surface area contributed by atoms with Crippen LogP contribution in [0.25, 0.3) is 0 Å². The Morgan fingerprint density at radius 2 is 1.78 bits per heavy atom. The first-order valence-corrected chi connectivity index (χ1v) is 7.72. The Balaban J connectivity index is 1.72. The Morgan fingerprint density at radius 3 is 2.52 bits per heavy atom. The van der Waals surface area contributed by atoms with E-state index in [1.807, 2.05) is 25.1 Å². The molecule has 0 saturated carbocycles. The van der Waals surface area contributed by atoms with E-state index in [0.29, 0.717) is 6.54 Å². The number of anilines is 2. The van der Waals surface area contributed by atoms with Crippen LogP contribution >= 0.6 is 0 Å². The van der Waals surface area contributed by atoms with Crippen LogP contribution in [0.1, 0.15) is 17.0 Å². The summed E-state index contributed by atoms with van der Waals surface area (Å²) in [6.07, 6.45) is 0. The molecule has 0 aliphatic heterocycles. The fourth-order valence-electron chi connectivity index (χ4n) is 2.59. The van der Waals surface area contributed by atoms with Crippen molar-refractivity contribution in [3.8, 4) is 0 Å². The summed E-state index contributed by atoms with van der Waals surface area (Å²) in [6.45, 7) is 3.41. The normalized spacial score (nSPS) is 10.5. The van der Waals surface area contributed by atoms with Gasteiger partial charge < -0.3 is 14.7 Å². The fourth-order valence-corrected chi connectivity index (χ4v) is 2.59. The van der Waals surface area contributed by atoms with E-state index < -0.39 is 0 Å². The van der Waals surface area contributed by atoms with Crippen LogP contribution in [0.3, 0.4) is 0 Å². The summed E-state index contributed by atoms with van der Waals surface area (Å²) >= 11 is 0. The maximum Gasteiger partial charge on any atom is 0.133 e. The molecule has 118 valence electrons. The number of rotatable bonds is 6. The van der Waals surface area contributed by atoms with Gasteiger partial charge in [0.25, 0.3) is 0 Å². The summed E-state index contributed by atoms with van der Waals surface area (Å²) in [5, 5.41) is 7.47. The molecule has 0 amide bonds. The Hall–Kier alpha value is -2.75. The van der Waals surface area contributed by atoms with Crippen LogP contribution in [0.2, 0.25) is 0 Å². The first-order chi connectivity index (χ1) is 11.2. The standard InChI is InChI=1S/C19H21N3O/c1-15-12-17(21-23-15)13-20-18-10-6-7-11-19(18)22(2)14-16-8-4-3-5-9-16/h3-12,20H,13-14H2,1-2H3. The highest BCUT2D eigenvalue weighted by Crippen LogP contribution is 2.26. The van der Waals surface area contributed by atoms with Gasteiger partial charge in [0.2, 0.25) is 0 Å². The highest BCUT2D eigenvalue weighted by atomic mass is 16.5. The summed E-state index contributed by atoms with van der Waals surface area (Å²) < 4.78 is 5.11. The molecule has 1 heterocycles. The molecule has 0 bridgehead atoms. The second kappa shape index (κ2) is 7.01. The lowest BCUT2D eigenvalue weighted by Gasteiger charge is -2.23. The van der Waals surface area contributed by atoms with E-state index in [-0.39, 0.29) is 0 Å². The summed E-state index contributed by atoms with van der Waals surface area (Å²) in [6, 6.07) is 20.7. The van der Waals surface area contributed by atoms with Gasteiger partial charge in [0.1, 0.15) is 11.5 Å².